The van der Waals surface area contributed by atoms with E-state index in [1.165, 1.54) is 16.5 Å². The highest BCUT2D eigenvalue weighted by Crippen LogP contribution is 2.37. The van der Waals surface area contributed by atoms with Gasteiger partial charge in [-0.05, 0) is 31.1 Å². The smallest absolute Gasteiger partial charge is 0.153 e. The topological polar surface area (TPSA) is 42.2 Å². The fourth-order valence-electron chi connectivity index (χ4n) is 1.18. The predicted molar refractivity (Wildman–Crippen MR) is 66.5 cm³/mol. The number of aromatic nitrogens is 1. The fourth-order valence-corrected chi connectivity index (χ4v) is 2.94. The normalized spacial score (nSPS) is 12.9. The van der Waals surface area contributed by atoms with Gasteiger partial charge < -0.3 is 10.6 Å². The number of rotatable bonds is 4. The van der Waals surface area contributed by atoms with Crippen molar-refractivity contribution in [1.82, 2.24) is 4.37 Å². The average Bonchev–Trinajstić information content (AvgIpc) is 2.57. The summed E-state index contributed by atoms with van der Waals surface area (Å²) in [5.74, 6) is 0.660. The van der Waals surface area contributed by atoms with Crippen LogP contribution in [0.5, 0.6) is 0 Å². The van der Waals surface area contributed by atoms with Crippen LogP contribution in [-0.2, 0) is 0 Å². The fraction of sp³-hybridized carbons (Fsp3) is 0.667. The maximum atomic E-state index is 5.78. The number of nitrogens with two attached hydrogens (primary N) is 1. The molecule has 1 aromatic rings. The Morgan fingerprint density at radius 2 is 2.29 bits per heavy atom. The van der Waals surface area contributed by atoms with Crippen LogP contribution >= 0.6 is 23.3 Å². The number of hydrogen-bond acceptors (Lipinski definition) is 5. The summed E-state index contributed by atoms with van der Waals surface area (Å²) in [6.07, 6.45) is 3.16. The molecule has 80 valence electrons. The molecule has 14 heavy (non-hydrogen) atoms. The third-order valence-electron chi connectivity index (χ3n) is 2.43. The second kappa shape index (κ2) is 4.89. The molecule has 0 aliphatic rings. The van der Waals surface area contributed by atoms with Crippen LogP contribution in [0.4, 0.5) is 10.8 Å². The van der Waals surface area contributed by atoms with E-state index in [-0.39, 0.29) is 0 Å². The third-order valence-corrected chi connectivity index (χ3v) is 4.33. The van der Waals surface area contributed by atoms with Gasteiger partial charge in [-0.25, -0.2) is 0 Å². The molecule has 1 unspecified atom stereocenters. The van der Waals surface area contributed by atoms with Crippen LogP contribution in [0.3, 0.4) is 0 Å². The molecule has 0 spiro atoms. The number of hydrogen-bond donors (Lipinski definition) is 1. The molecular formula is C9H17N3S2. The van der Waals surface area contributed by atoms with Gasteiger partial charge >= 0.3 is 0 Å². The van der Waals surface area contributed by atoms with Crippen molar-refractivity contribution in [1.29, 1.82) is 0 Å². The van der Waals surface area contributed by atoms with Crippen LogP contribution in [-0.4, -0.2) is 23.7 Å². The van der Waals surface area contributed by atoms with Gasteiger partial charge in [0.15, 0.2) is 5.82 Å². The zero-order chi connectivity index (χ0) is 10.7. The summed E-state index contributed by atoms with van der Waals surface area (Å²) in [5.41, 5.74) is 5.78. The second-order valence-electron chi connectivity index (χ2n) is 3.27. The highest BCUT2D eigenvalue weighted by molar-refractivity contribution is 7.99. The summed E-state index contributed by atoms with van der Waals surface area (Å²) in [6, 6.07) is 0.528. The van der Waals surface area contributed by atoms with E-state index in [4.69, 9.17) is 5.73 Å². The SMILES string of the molecule is CCC(C)N(C)c1snc(N)c1SC. The molecule has 0 saturated carbocycles. The van der Waals surface area contributed by atoms with E-state index in [0.29, 0.717) is 11.9 Å². The lowest BCUT2D eigenvalue weighted by Gasteiger charge is -2.24. The quantitative estimate of drug-likeness (QED) is 0.809. The van der Waals surface area contributed by atoms with Crippen molar-refractivity contribution in [3.05, 3.63) is 0 Å². The molecule has 0 aliphatic heterocycles. The van der Waals surface area contributed by atoms with Crippen molar-refractivity contribution >= 4 is 34.1 Å². The van der Waals surface area contributed by atoms with Gasteiger partial charge in [-0.2, -0.15) is 4.37 Å². The van der Waals surface area contributed by atoms with Gasteiger partial charge in [-0.3, -0.25) is 0 Å². The molecule has 5 heteroatoms. The number of nitrogen functional groups attached to an aromatic ring is 1. The molecule has 0 saturated heterocycles. The molecule has 0 amide bonds. The van der Waals surface area contributed by atoms with Crippen LogP contribution in [0, 0.1) is 0 Å². The first-order valence-electron chi connectivity index (χ1n) is 4.63. The van der Waals surface area contributed by atoms with Crippen molar-refractivity contribution < 1.29 is 0 Å². The monoisotopic (exact) mass is 231 g/mol. The summed E-state index contributed by atoms with van der Waals surface area (Å²) in [7, 11) is 2.10. The van der Waals surface area contributed by atoms with Crippen molar-refractivity contribution in [2.45, 2.75) is 31.2 Å². The van der Waals surface area contributed by atoms with Crippen molar-refractivity contribution in [2.75, 3.05) is 23.9 Å². The summed E-state index contributed by atoms with van der Waals surface area (Å²) in [5, 5.41) is 1.18. The van der Waals surface area contributed by atoms with E-state index in [9.17, 15) is 0 Å². The lowest BCUT2D eigenvalue weighted by molar-refractivity contribution is 0.665. The molecule has 1 heterocycles. The van der Waals surface area contributed by atoms with Crippen LogP contribution < -0.4 is 10.6 Å². The maximum absolute atomic E-state index is 5.78. The molecule has 1 aromatic heterocycles. The van der Waals surface area contributed by atoms with Gasteiger partial charge in [-0.1, -0.05) is 6.92 Å². The van der Waals surface area contributed by atoms with Gasteiger partial charge in [0.25, 0.3) is 0 Å². The molecule has 1 rings (SSSR count). The zero-order valence-electron chi connectivity index (χ0n) is 9.07. The highest BCUT2D eigenvalue weighted by atomic mass is 32.2. The first kappa shape index (κ1) is 11.7. The third kappa shape index (κ3) is 2.15. The summed E-state index contributed by atoms with van der Waals surface area (Å²) >= 11 is 3.15. The molecule has 0 fully saturated rings. The van der Waals surface area contributed by atoms with Crippen LogP contribution in [0.15, 0.2) is 4.90 Å². The van der Waals surface area contributed by atoms with E-state index in [1.807, 2.05) is 6.26 Å². The van der Waals surface area contributed by atoms with Gasteiger partial charge in [0.1, 0.15) is 5.00 Å². The predicted octanol–water partition coefficient (Wildman–Crippen LogP) is 2.68. The second-order valence-corrected chi connectivity index (χ2v) is 4.84. The van der Waals surface area contributed by atoms with Crippen LogP contribution in [0.1, 0.15) is 20.3 Å². The average molecular weight is 231 g/mol. The molecular weight excluding hydrogens is 214 g/mol. The van der Waals surface area contributed by atoms with Gasteiger partial charge in [0.05, 0.1) is 4.90 Å². The zero-order valence-corrected chi connectivity index (χ0v) is 10.7. The largest absolute Gasteiger partial charge is 0.382 e. The standard InChI is InChI=1S/C9H17N3S2/c1-5-6(2)12(3)9-7(13-4)8(10)11-14-9/h6H,5H2,1-4H3,(H2,10,11). The lowest BCUT2D eigenvalue weighted by Crippen LogP contribution is -2.27. The first-order chi connectivity index (χ1) is 6.61. The Balaban J connectivity index is 2.94. The van der Waals surface area contributed by atoms with Crippen molar-refractivity contribution in [3.8, 4) is 0 Å². The summed E-state index contributed by atoms with van der Waals surface area (Å²) in [4.78, 5) is 3.36. The Bertz CT molecular complexity index is 298. The number of thioether (sulfide) groups is 1. The molecule has 2 N–H and O–H groups in total. The first-order valence-corrected chi connectivity index (χ1v) is 6.63. The highest BCUT2D eigenvalue weighted by Gasteiger charge is 2.17. The van der Waals surface area contributed by atoms with Crippen molar-refractivity contribution in [3.63, 3.8) is 0 Å². The van der Waals surface area contributed by atoms with Gasteiger partial charge in [-0.15, -0.1) is 11.8 Å². The molecule has 1 atom stereocenters. The number of nitrogens with zero attached hydrogens (tertiary/aromatic N) is 2. The molecule has 0 aliphatic carbocycles. The Morgan fingerprint density at radius 3 is 2.79 bits per heavy atom. The summed E-state index contributed by atoms with van der Waals surface area (Å²) in [6.45, 7) is 4.39. The molecule has 0 bridgehead atoms. The number of anilines is 2. The molecule has 3 nitrogen and oxygen atoms in total. The van der Waals surface area contributed by atoms with Crippen molar-refractivity contribution in [2.24, 2.45) is 0 Å². The minimum absolute atomic E-state index is 0.528. The van der Waals surface area contributed by atoms with Crippen LogP contribution in [0.25, 0.3) is 0 Å². The van der Waals surface area contributed by atoms with E-state index >= 15 is 0 Å². The van der Waals surface area contributed by atoms with E-state index in [2.05, 4.69) is 30.2 Å². The van der Waals surface area contributed by atoms with E-state index in [1.54, 1.807) is 11.8 Å². The Morgan fingerprint density at radius 1 is 1.64 bits per heavy atom. The minimum atomic E-state index is 0.528. The Hall–Kier alpha value is -0.420. The van der Waals surface area contributed by atoms with Gasteiger partial charge in [0, 0.05) is 13.1 Å². The Labute approximate surface area is 93.8 Å². The molecule has 0 aromatic carbocycles. The van der Waals surface area contributed by atoms with Gasteiger partial charge in [0.2, 0.25) is 0 Å². The van der Waals surface area contributed by atoms with E-state index in [0.717, 1.165) is 11.3 Å². The Kier molecular flexibility index (Phi) is 4.07. The lowest BCUT2D eigenvalue weighted by atomic mass is 10.2. The van der Waals surface area contributed by atoms with Crippen LogP contribution in [0.2, 0.25) is 0 Å². The summed E-state index contributed by atoms with van der Waals surface area (Å²) < 4.78 is 4.18. The maximum Gasteiger partial charge on any atom is 0.153 e. The molecule has 0 radical (unpaired) electrons. The van der Waals surface area contributed by atoms with E-state index < -0.39 is 0 Å². The minimum Gasteiger partial charge on any atom is -0.382 e.